The van der Waals surface area contributed by atoms with Gasteiger partial charge in [0.05, 0.1) is 12.1 Å². The maximum Gasteiger partial charge on any atom is 0.330 e. The number of benzene rings is 2. The number of imidazole rings is 1. The molecular formula is C24H21FN4O2. The van der Waals surface area contributed by atoms with Gasteiger partial charge in [0, 0.05) is 25.4 Å². The van der Waals surface area contributed by atoms with Gasteiger partial charge in [0.15, 0.2) is 5.65 Å². The SMILES string of the molecule is O=C(/C=C/c1ccccc1)NCCn1c(=O)n(Cc2ccc(F)cc2)c2cccnc21. The summed E-state index contributed by atoms with van der Waals surface area (Å²) in [5.74, 6) is -0.558. The molecule has 0 aliphatic heterocycles. The third-order valence-corrected chi connectivity index (χ3v) is 4.89. The van der Waals surface area contributed by atoms with Crippen LogP contribution in [0.5, 0.6) is 0 Å². The molecule has 4 rings (SSSR count). The fourth-order valence-electron chi connectivity index (χ4n) is 3.36. The predicted molar refractivity (Wildman–Crippen MR) is 118 cm³/mol. The average molecular weight is 416 g/mol. The van der Waals surface area contributed by atoms with E-state index in [0.29, 0.717) is 17.7 Å². The molecule has 4 aromatic rings. The lowest BCUT2D eigenvalue weighted by Crippen LogP contribution is -2.31. The Morgan fingerprint density at radius 1 is 1.00 bits per heavy atom. The van der Waals surface area contributed by atoms with Gasteiger partial charge in [-0.3, -0.25) is 13.9 Å². The number of carbonyl (C=O) groups excluding carboxylic acids is 1. The van der Waals surface area contributed by atoms with Crippen LogP contribution in [0, 0.1) is 5.82 Å². The molecule has 0 aliphatic carbocycles. The van der Waals surface area contributed by atoms with Gasteiger partial charge < -0.3 is 5.32 Å². The van der Waals surface area contributed by atoms with Crippen LogP contribution in [-0.2, 0) is 17.9 Å². The standard InChI is InChI=1S/C24H21FN4O2/c25-20-11-8-19(9-12-20)17-29-21-7-4-14-27-23(21)28(24(29)31)16-15-26-22(30)13-10-18-5-2-1-3-6-18/h1-14H,15-17H2,(H,26,30)/b13-10+. The molecule has 0 atom stereocenters. The molecule has 0 fully saturated rings. The highest BCUT2D eigenvalue weighted by Gasteiger charge is 2.14. The number of hydrogen-bond acceptors (Lipinski definition) is 3. The van der Waals surface area contributed by atoms with E-state index in [2.05, 4.69) is 10.3 Å². The summed E-state index contributed by atoms with van der Waals surface area (Å²) in [6, 6.07) is 19.2. The van der Waals surface area contributed by atoms with Gasteiger partial charge in [0.2, 0.25) is 5.91 Å². The van der Waals surface area contributed by atoms with Crippen LogP contribution in [0.25, 0.3) is 17.2 Å². The fraction of sp³-hybridized carbons (Fsp3) is 0.125. The van der Waals surface area contributed by atoms with Crippen molar-refractivity contribution >= 4 is 23.1 Å². The first-order valence-corrected chi connectivity index (χ1v) is 9.91. The third-order valence-electron chi connectivity index (χ3n) is 4.89. The summed E-state index contributed by atoms with van der Waals surface area (Å²) in [7, 11) is 0. The van der Waals surface area contributed by atoms with Crippen LogP contribution >= 0.6 is 0 Å². The number of hydrogen-bond donors (Lipinski definition) is 1. The molecule has 0 saturated carbocycles. The number of aromatic nitrogens is 3. The number of pyridine rings is 1. The number of carbonyl (C=O) groups is 1. The maximum atomic E-state index is 13.2. The zero-order chi connectivity index (χ0) is 21.6. The van der Waals surface area contributed by atoms with E-state index >= 15 is 0 Å². The Morgan fingerprint density at radius 2 is 1.77 bits per heavy atom. The van der Waals surface area contributed by atoms with E-state index in [-0.39, 0.29) is 30.5 Å². The molecule has 7 heteroatoms. The normalized spacial score (nSPS) is 11.3. The quantitative estimate of drug-likeness (QED) is 0.471. The van der Waals surface area contributed by atoms with Crippen LogP contribution < -0.4 is 11.0 Å². The largest absolute Gasteiger partial charge is 0.351 e. The zero-order valence-corrected chi connectivity index (χ0v) is 16.7. The highest BCUT2D eigenvalue weighted by Crippen LogP contribution is 2.12. The van der Waals surface area contributed by atoms with Crippen LogP contribution in [0.15, 0.2) is 83.8 Å². The van der Waals surface area contributed by atoms with Crippen molar-refractivity contribution in [3.8, 4) is 0 Å². The van der Waals surface area contributed by atoms with Crippen molar-refractivity contribution in [1.29, 1.82) is 0 Å². The van der Waals surface area contributed by atoms with Gasteiger partial charge >= 0.3 is 5.69 Å². The van der Waals surface area contributed by atoms with Crippen molar-refractivity contribution < 1.29 is 9.18 Å². The molecule has 6 nitrogen and oxygen atoms in total. The highest BCUT2D eigenvalue weighted by molar-refractivity contribution is 5.91. The van der Waals surface area contributed by atoms with Crippen LogP contribution in [0.3, 0.4) is 0 Å². The summed E-state index contributed by atoms with van der Waals surface area (Å²) in [4.78, 5) is 29.5. The van der Waals surface area contributed by atoms with Gasteiger partial charge in [0.25, 0.3) is 0 Å². The van der Waals surface area contributed by atoms with Gasteiger partial charge in [-0.1, -0.05) is 42.5 Å². The summed E-state index contributed by atoms with van der Waals surface area (Å²) >= 11 is 0. The lowest BCUT2D eigenvalue weighted by Gasteiger charge is -2.04. The second kappa shape index (κ2) is 9.21. The minimum Gasteiger partial charge on any atom is -0.351 e. The molecule has 0 unspecified atom stereocenters. The summed E-state index contributed by atoms with van der Waals surface area (Å²) in [5, 5.41) is 2.79. The summed E-state index contributed by atoms with van der Waals surface area (Å²) in [6.07, 6.45) is 4.83. The van der Waals surface area contributed by atoms with Crippen molar-refractivity contribution in [2.75, 3.05) is 6.54 Å². The summed E-state index contributed by atoms with van der Waals surface area (Å²) in [5.41, 5.74) is 2.75. The van der Waals surface area contributed by atoms with Crippen molar-refractivity contribution in [3.05, 3.63) is 106 Å². The topological polar surface area (TPSA) is 68.9 Å². The van der Waals surface area contributed by atoms with Crippen molar-refractivity contribution in [3.63, 3.8) is 0 Å². The molecule has 0 bridgehead atoms. The molecule has 2 aromatic carbocycles. The summed E-state index contributed by atoms with van der Waals surface area (Å²) < 4.78 is 16.3. The highest BCUT2D eigenvalue weighted by atomic mass is 19.1. The summed E-state index contributed by atoms with van der Waals surface area (Å²) in [6.45, 7) is 0.873. The molecular weight excluding hydrogens is 395 g/mol. The number of halogens is 1. The van der Waals surface area contributed by atoms with E-state index in [1.165, 1.54) is 18.2 Å². The van der Waals surface area contributed by atoms with E-state index < -0.39 is 0 Å². The smallest absolute Gasteiger partial charge is 0.330 e. The molecule has 0 spiro atoms. The Hall–Kier alpha value is -4.00. The monoisotopic (exact) mass is 416 g/mol. The number of fused-ring (bicyclic) bond motifs is 1. The molecule has 31 heavy (non-hydrogen) atoms. The second-order valence-electron chi connectivity index (χ2n) is 7.03. The first-order valence-electron chi connectivity index (χ1n) is 9.91. The molecule has 2 aromatic heterocycles. The van der Waals surface area contributed by atoms with E-state index in [4.69, 9.17) is 0 Å². The van der Waals surface area contributed by atoms with Crippen molar-refractivity contribution in [1.82, 2.24) is 19.4 Å². The number of nitrogens with zero attached hydrogens (tertiary/aromatic N) is 3. The molecule has 2 heterocycles. The second-order valence-corrected chi connectivity index (χ2v) is 7.03. The average Bonchev–Trinajstić information content (AvgIpc) is 3.06. The molecule has 156 valence electrons. The maximum absolute atomic E-state index is 13.2. The van der Waals surface area contributed by atoms with Crippen LogP contribution in [0.4, 0.5) is 4.39 Å². The van der Waals surface area contributed by atoms with Gasteiger partial charge in [-0.15, -0.1) is 0 Å². The lowest BCUT2D eigenvalue weighted by molar-refractivity contribution is -0.116. The molecule has 1 N–H and O–H groups in total. The van der Waals surface area contributed by atoms with E-state index in [9.17, 15) is 14.0 Å². The first-order chi connectivity index (χ1) is 15.1. The molecule has 0 aliphatic rings. The third kappa shape index (κ3) is 4.78. The Labute approximate surface area is 178 Å². The minimum atomic E-state index is -0.322. The van der Waals surface area contributed by atoms with Crippen LogP contribution in [0.2, 0.25) is 0 Å². The number of rotatable bonds is 7. The van der Waals surface area contributed by atoms with Gasteiger partial charge in [0.1, 0.15) is 5.82 Å². The Morgan fingerprint density at radius 3 is 2.55 bits per heavy atom. The lowest BCUT2D eigenvalue weighted by atomic mass is 10.2. The van der Waals surface area contributed by atoms with Gasteiger partial charge in [-0.05, 0) is 41.5 Å². The fourth-order valence-corrected chi connectivity index (χ4v) is 3.36. The Balaban J connectivity index is 1.48. The molecule has 1 amide bonds. The van der Waals surface area contributed by atoms with E-state index in [1.807, 2.05) is 36.4 Å². The number of amides is 1. The first kappa shape index (κ1) is 20.3. The number of nitrogens with one attached hydrogen (secondary N) is 1. The molecule has 0 saturated heterocycles. The molecule has 0 radical (unpaired) electrons. The Kier molecular flexibility index (Phi) is 6.03. The van der Waals surface area contributed by atoms with Crippen LogP contribution in [0.1, 0.15) is 11.1 Å². The minimum absolute atomic E-state index is 0.230. The van der Waals surface area contributed by atoms with E-state index in [1.54, 1.807) is 39.6 Å². The van der Waals surface area contributed by atoms with Crippen molar-refractivity contribution in [2.24, 2.45) is 0 Å². The van der Waals surface area contributed by atoms with E-state index in [0.717, 1.165) is 11.1 Å². The zero-order valence-electron chi connectivity index (χ0n) is 16.7. The van der Waals surface area contributed by atoms with Gasteiger partial charge in [-0.25, -0.2) is 14.2 Å². The van der Waals surface area contributed by atoms with Gasteiger partial charge in [-0.2, -0.15) is 0 Å². The Bertz CT molecular complexity index is 1270. The van der Waals surface area contributed by atoms with Crippen molar-refractivity contribution in [2.45, 2.75) is 13.1 Å². The predicted octanol–water partition coefficient (Wildman–Crippen LogP) is 3.22. The van der Waals surface area contributed by atoms with Crippen LogP contribution in [-0.4, -0.2) is 26.6 Å².